The van der Waals surface area contributed by atoms with Crippen molar-refractivity contribution in [2.24, 2.45) is 0 Å². The van der Waals surface area contributed by atoms with Crippen LogP contribution < -0.4 is 0 Å². The van der Waals surface area contributed by atoms with E-state index >= 15 is 0 Å². The quantitative estimate of drug-likeness (QED) is 0.538. The van der Waals surface area contributed by atoms with Gasteiger partial charge in [0, 0.05) is 25.8 Å². The molecule has 0 aromatic carbocycles. The Morgan fingerprint density at radius 1 is 1.28 bits per heavy atom. The molecule has 1 fully saturated rings. The minimum Gasteiger partial charge on any atom is -0.379 e. The first kappa shape index (κ1) is 15.2. The van der Waals surface area contributed by atoms with Crippen LogP contribution in [0.15, 0.2) is 11.6 Å². The zero-order valence-corrected chi connectivity index (χ0v) is 11.8. The summed E-state index contributed by atoms with van der Waals surface area (Å²) in [5.41, 5.74) is 1.05. The van der Waals surface area contributed by atoms with Gasteiger partial charge in [-0.25, -0.2) is 0 Å². The van der Waals surface area contributed by atoms with Gasteiger partial charge < -0.3 is 14.4 Å². The molecule has 0 bridgehead atoms. The van der Waals surface area contributed by atoms with Gasteiger partial charge in [-0.2, -0.15) is 0 Å². The Hall–Kier alpha value is -0.870. The van der Waals surface area contributed by atoms with Crippen LogP contribution in [0.4, 0.5) is 0 Å². The third kappa shape index (κ3) is 5.65. The normalized spacial score (nSPS) is 16.7. The molecule has 1 aliphatic heterocycles. The summed E-state index contributed by atoms with van der Waals surface area (Å²) >= 11 is 0. The molecule has 0 atom stereocenters. The summed E-state index contributed by atoms with van der Waals surface area (Å²) in [5, 5.41) is 0. The monoisotopic (exact) mass is 255 g/mol. The smallest absolute Gasteiger partial charge is 0.246 e. The van der Waals surface area contributed by atoms with Gasteiger partial charge in [0.25, 0.3) is 0 Å². The van der Waals surface area contributed by atoms with E-state index in [1.807, 2.05) is 25.7 Å². The molecule has 104 valence electrons. The summed E-state index contributed by atoms with van der Waals surface area (Å²) < 4.78 is 10.9. The summed E-state index contributed by atoms with van der Waals surface area (Å²) in [5.74, 6) is 0.128. The maximum atomic E-state index is 11.8. The summed E-state index contributed by atoms with van der Waals surface area (Å²) in [4.78, 5) is 13.7. The highest BCUT2D eigenvalue weighted by molar-refractivity contribution is 5.88. The Bertz CT molecular complexity index is 277. The van der Waals surface area contributed by atoms with E-state index in [1.165, 1.54) is 0 Å². The molecule has 1 saturated heterocycles. The summed E-state index contributed by atoms with van der Waals surface area (Å²) in [7, 11) is 0. The van der Waals surface area contributed by atoms with Gasteiger partial charge >= 0.3 is 0 Å². The van der Waals surface area contributed by atoms with Gasteiger partial charge in [0.2, 0.25) is 5.91 Å². The minimum atomic E-state index is 0.128. The molecule has 4 nitrogen and oxygen atoms in total. The first-order valence-electron chi connectivity index (χ1n) is 6.76. The Kier molecular flexibility index (Phi) is 6.98. The number of piperidine rings is 1. The number of nitrogens with zero attached hydrogens (tertiary/aromatic N) is 1. The van der Waals surface area contributed by atoms with Crippen molar-refractivity contribution in [2.45, 2.75) is 39.7 Å². The van der Waals surface area contributed by atoms with E-state index < -0.39 is 0 Å². The van der Waals surface area contributed by atoms with E-state index in [2.05, 4.69) is 0 Å². The third-order valence-corrected chi connectivity index (χ3v) is 2.95. The summed E-state index contributed by atoms with van der Waals surface area (Å²) in [6.07, 6.45) is 3.83. The summed E-state index contributed by atoms with van der Waals surface area (Å²) in [6, 6.07) is 0. The van der Waals surface area contributed by atoms with Crippen molar-refractivity contribution >= 4 is 5.91 Å². The lowest BCUT2D eigenvalue weighted by Crippen LogP contribution is -2.40. The topological polar surface area (TPSA) is 38.8 Å². The average molecular weight is 255 g/mol. The van der Waals surface area contributed by atoms with Crippen molar-refractivity contribution < 1.29 is 14.3 Å². The Morgan fingerprint density at radius 3 is 2.50 bits per heavy atom. The number of amides is 1. The van der Waals surface area contributed by atoms with Crippen LogP contribution in [0.3, 0.4) is 0 Å². The number of hydrogen-bond acceptors (Lipinski definition) is 3. The van der Waals surface area contributed by atoms with E-state index in [4.69, 9.17) is 9.47 Å². The fourth-order valence-electron chi connectivity index (χ4n) is 2.00. The Labute approximate surface area is 110 Å². The minimum absolute atomic E-state index is 0.128. The second-order valence-electron chi connectivity index (χ2n) is 4.81. The van der Waals surface area contributed by atoms with E-state index in [9.17, 15) is 4.79 Å². The number of rotatable bonds is 6. The van der Waals surface area contributed by atoms with Gasteiger partial charge in [0.05, 0.1) is 19.3 Å². The Morgan fingerprint density at radius 2 is 1.94 bits per heavy atom. The van der Waals surface area contributed by atoms with Gasteiger partial charge in [0.15, 0.2) is 0 Å². The SMILES string of the molecule is CCOCCOC1CCN(C(=O)C=C(C)C)CC1. The maximum Gasteiger partial charge on any atom is 0.246 e. The highest BCUT2D eigenvalue weighted by atomic mass is 16.5. The molecule has 0 aromatic rings. The van der Waals surface area contributed by atoms with Crippen molar-refractivity contribution in [3.05, 3.63) is 11.6 Å². The lowest BCUT2D eigenvalue weighted by atomic mass is 10.1. The van der Waals surface area contributed by atoms with Crippen LogP contribution in [-0.2, 0) is 14.3 Å². The van der Waals surface area contributed by atoms with Crippen LogP contribution in [-0.4, -0.2) is 49.8 Å². The van der Waals surface area contributed by atoms with E-state index in [0.717, 1.165) is 38.1 Å². The van der Waals surface area contributed by atoms with Crippen LogP contribution in [0, 0.1) is 0 Å². The average Bonchev–Trinajstić information content (AvgIpc) is 2.34. The fraction of sp³-hybridized carbons (Fsp3) is 0.786. The number of ether oxygens (including phenoxy) is 2. The van der Waals surface area contributed by atoms with E-state index in [-0.39, 0.29) is 12.0 Å². The largest absolute Gasteiger partial charge is 0.379 e. The zero-order chi connectivity index (χ0) is 13.4. The molecule has 1 amide bonds. The molecule has 0 spiro atoms. The molecule has 1 rings (SSSR count). The standard InChI is InChI=1S/C14H25NO3/c1-4-17-9-10-18-13-5-7-15(8-6-13)14(16)11-12(2)3/h11,13H,4-10H2,1-3H3. The highest BCUT2D eigenvalue weighted by Crippen LogP contribution is 2.14. The van der Waals surface area contributed by atoms with Gasteiger partial charge in [-0.1, -0.05) is 5.57 Å². The molecule has 1 heterocycles. The second kappa shape index (κ2) is 8.27. The van der Waals surface area contributed by atoms with Crippen LogP contribution in [0.2, 0.25) is 0 Å². The predicted octanol–water partition coefficient (Wildman–Crippen LogP) is 2.00. The second-order valence-corrected chi connectivity index (χ2v) is 4.81. The van der Waals surface area contributed by atoms with Crippen molar-refractivity contribution in [3.8, 4) is 0 Å². The van der Waals surface area contributed by atoms with Crippen LogP contribution in [0.5, 0.6) is 0 Å². The maximum absolute atomic E-state index is 11.8. The van der Waals surface area contributed by atoms with Gasteiger partial charge in [-0.3, -0.25) is 4.79 Å². The number of likely N-dealkylation sites (tertiary alicyclic amines) is 1. The molecular formula is C14H25NO3. The number of allylic oxidation sites excluding steroid dienone is 1. The number of hydrogen-bond donors (Lipinski definition) is 0. The predicted molar refractivity (Wildman–Crippen MR) is 71.5 cm³/mol. The number of carbonyl (C=O) groups is 1. The fourth-order valence-corrected chi connectivity index (χ4v) is 2.00. The summed E-state index contributed by atoms with van der Waals surface area (Å²) in [6.45, 7) is 9.51. The van der Waals surface area contributed by atoms with Crippen molar-refractivity contribution in [1.29, 1.82) is 0 Å². The Balaban J connectivity index is 2.20. The van der Waals surface area contributed by atoms with E-state index in [0.29, 0.717) is 13.2 Å². The van der Waals surface area contributed by atoms with E-state index in [1.54, 1.807) is 6.08 Å². The highest BCUT2D eigenvalue weighted by Gasteiger charge is 2.21. The molecule has 4 heteroatoms. The van der Waals surface area contributed by atoms with Crippen LogP contribution in [0.1, 0.15) is 33.6 Å². The van der Waals surface area contributed by atoms with Gasteiger partial charge in [-0.15, -0.1) is 0 Å². The zero-order valence-electron chi connectivity index (χ0n) is 11.8. The third-order valence-electron chi connectivity index (χ3n) is 2.95. The van der Waals surface area contributed by atoms with Gasteiger partial charge in [-0.05, 0) is 33.6 Å². The molecule has 0 unspecified atom stereocenters. The molecule has 18 heavy (non-hydrogen) atoms. The molecule has 0 saturated carbocycles. The first-order valence-corrected chi connectivity index (χ1v) is 6.76. The van der Waals surface area contributed by atoms with Crippen LogP contribution >= 0.6 is 0 Å². The lowest BCUT2D eigenvalue weighted by Gasteiger charge is -2.31. The molecule has 0 aliphatic carbocycles. The van der Waals surface area contributed by atoms with Crippen LogP contribution in [0.25, 0.3) is 0 Å². The van der Waals surface area contributed by atoms with Gasteiger partial charge in [0.1, 0.15) is 0 Å². The first-order chi connectivity index (χ1) is 8.63. The van der Waals surface area contributed by atoms with Crippen molar-refractivity contribution in [2.75, 3.05) is 32.9 Å². The van der Waals surface area contributed by atoms with Crippen molar-refractivity contribution in [1.82, 2.24) is 4.90 Å². The van der Waals surface area contributed by atoms with Crippen molar-refractivity contribution in [3.63, 3.8) is 0 Å². The molecule has 0 radical (unpaired) electrons. The molecule has 1 aliphatic rings. The molecule has 0 aromatic heterocycles. The lowest BCUT2D eigenvalue weighted by molar-refractivity contribution is -0.128. The number of carbonyl (C=O) groups excluding carboxylic acids is 1. The molecular weight excluding hydrogens is 230 g/mol. The molecule has 0 N–H and O–H groups in total.